The highest BCUT2D eigenvalue weighted by Crippen LogP contribution is 2.20. The summed E-state index contributed by atoms with van der Waals surface area (Å²) >= 11 is 4.86. The van der Waals surface area contributed by atoms with Crippen LogP contribution in [0, 0.1) is 0 Å². The molecule has 78 valence electrons. The molecule has 0 bridgehead atoms. The molecule has 0 aliphatic carbocycles. The summed E-state index contributed by atoms with van der Waals surface area (Å²) < 4.78 is 2.45. The third-order valence-electron chi connectivity index (χ3n) is 2.09. The Labute approximate surface area is 99.9 Å². The van der Waals surface area contributed by atoms with Crippen molar-refractivity contribution in [1.82, 2.24) is 9.78 Å². The molecule has 0 atom stereocenters. The number of hydrogen-bond acceptors (Lipinski definition) is 3. The molecule has 15 heavy (non-hydrogen) atoms. The smallest absolute Gasteiger partial charge is 0.213 e. The molecular weight excluding hydrogens is 276 g/mol. The summed E-state index contributed by atoms with van der Waals surface area (Å²) in [5.41, 5.74) is 1.34. The Hall–Kier alpha value is -0.940. The molecule has 0 aromatic carbocycles. The fraction of sp³-hybridized carbons (Fsp3) is 0.200. The van der Waals surface area contributed by atoms with E-state index >= 15 is 0 Å². The van der Waals surface area contributed by atoms with Crippen LogP contribution in [-0.2, 0) is 6.54 Å². The van der Waals surface area contributed by atoms with Crippen LogP contribution in [0.3, 0.4) is 0 Å². The molecule has 0 aliphatic heterocycles. The van der Waals surface area contributed by atoms with Crippen molar-refractivity contribution in [2.75, 3.05) is 0 Å². The minimum Gasteiger partial charge on any atom is -0.287 e. The zero-order valence-electron chi connectivity index (χ0n) is 8.11. The zero-order valence-corrected chi connectivity index (χ0v) is 10.5. The monoisotopic (exact) mass is 284 g/mol. The zero-order chi connectivity index (χ0) is 10.8. The summed E-state index contributed by atoms with van der Waals surface area (Å²) in [6.07, 6.45) is 1.66. The van der Waals surface area contributed by atoms with Gasteiger partial charge in [-0.3, -0.25) is 9.48 Å². The molecule has 5 heteroatoms. The van der Waals surface area contributed by atoms with Crippen molar-refractivity contribution in [2.45, 2.75) is 13.5 Å². The molecule has 2 aromatic rings. The van der Waals surface area contributed by atoms with E-state index in [1.54, 1.807) is 10.9 Å². The molecule has 0 spiro atoms. The highest BCUT2D eigenvalue weighted by Gasteiger charge is 2.18. The summed E-state index contributed by atoms with van der Waals surface area (Å²) in [7, 11) is 0. The van der Waals surface area contributed by atoms with E-state index in [0.717, 1.165) is 10.0 Å². The molecule has 0 fully saturated rings. The van der Waals surface area contributed by atoms with E-state index in [-0.39, 0.29) is 5.78 Å². The molecule has 2 heterocycles. The average molecular weight is 285 g/mol. The lowest BCUT2D eigenvalue weighted by molar-refractivity contribution is 0.102. The van der Waals surface area contributed by atoms with Gasteiger partial charge in [0.15, 0.2) is 0 Å². The quantitative estimate of drug-likeness (QED) is 0.813. The van der Waals surface area contributed by atoms with Crippen molar-refractivity contribution in [3.8, 4) is 0 Å². The first-order chi connectivity index (χ1) is 7.24. The summed E-state index contributed by atoms with van der Waals surface area (Å²) in [5, 5.41) is 7.86. The third-order valence-corrected chi connectivity index (χ3v) is 3.36. The van der Waals surface area contributed by atoms with Crippen molar-refractivity contribution in [1.29, 1.82) is 0 Å². The van der Waals surface area contributed by atoms with E-state index in [4.69, 9.17) is 0 Å². The average Bonchev–Trinajstić information content (AvgIpc) is 2.85. The molecule has 0 radical (unpaired) electrons. The van der Waals surface area contributed by atoms with Gasteiger partial charge in [-0.1, -0.05) is 0 Å². The first-order valence-electron chi connectivity index (χ1n) is 4.52. The Morgan fingerprint density at radius 2 is 2.47 bits per heavy atom. The standard InChI is InChI=1S/C10H9BrN2OS/c1-2-13-9(8(11)5-12-13)10(14)7-3-4-15-6-7/h3-6H,2H2,1H3. The number of nitrogens with zero attached hydrogens (tertiary/aromatic N) is 2. The number of aromatic nitrogens is 2. The van der Waals surface area contributed by atoms with Crippen molar-refractivity contribution >= 4 is 33.0 Å². The summed E-state index contributed by atoms with van der Waals surface area (Å²) in [6.45, 7) is 2.65. The Bertz CT molecular complexity index is 476. The van der Waals surface area contributed by atoms with Crippen LogP contribution < -0.4 is 0 Å². The maximum absolute atomic E-state index is 12.1. The molecule has 2 rings (SSSR count). The van der Waals surface area contributed by atoms with Gasteiger partial charge < -0.3 is 0 Å². The second-order valence-electron chi connectivity index (χ2n) is 3.00. The summed E-state index contributed by atoms with van der Waals surface area (Å²) in [4.78, 5) is 12.1. The lowest BCUT2D eigenvalue weighted by Gasteiger charge is -2.02. The van der Waals surface area contributed by atoms with Crippen molar-refractivity contribution in [3.63, 3.8) is 0 Å². The van der Waals surface area contributed by atoms with Crippen LogP contribution in [0.25, 0.3) is 0 Å². The summed E-state index contributed by atoms with van der Waals surface area (Å²) in [5.74, 6) is 0.0162. The third kappa shape index (κ3) is 1.89. The van der Waals surface area contributed by atoms with Crippen LogP contribution >= 0.6 is 27.3 Å². The number of thiophene rings is 1. The van der Waals surface area contributed by atoms with Gasteiger partial charge in [-0.25, -0.2) is 0 Å². The second kappa shape index (κ2) is 4.28. The molecule has 3 nitrogen and oxygen atoms in total. The molecule has 0 saturated heterocycles. The maximum Gasteiger partial charge on any atom is 0.213 e. The highest BCUT2D eigenvalue weighted by molar-refractivity contribution is 9.10. The number of rotatable bonds is 3. The number of carbonyl (C=O) groups excluding carboxylic acids is 1. The van der Waals surface area contributed by atoms with Gasteiger partial charge in [0.1, 0.15) is 5.69 Å². The molecule has 0 aliphatic rings. The van der Waals surface area contributed by atoms with E-state index in [2.05, 4.69) is 21.0 Å². The van der Waals surface area contributed by atoms with Crippen LogP contribution in [0.5, 0.6) is 0 Å². The fourth-order valence-corrected chi connectivity index (χ4v) is 2.47. The minimum absolute atomic E-state index is 0.0162. The Morgan fingerprint density at radius 1 is 1.67 bits per heavy atom. The highest BCUT2D eigenvalue weighted by atomic mass is 79.9. The van der Waals surface area contributed by atoms with Gasteiger partial charge >= 0.3 is 0 Å². The molecule has 0 unspecified atom stereocenters. The van der Waals surface area contributed by atoms with Crippen LogP contribution in [0.4, 0.5) is 0 Å². The van der Waals surface area contributed by atoms with Gasteiger partial charge in [-0.05, 0) is 34.3 Å². The summed E-state index contributed by atoms with van der Waals surface area (Å²) in [6, 6.07) is 1.83. The molecule has 0 saturated carbocycles. The van der Waals surface area contributed by atoms with E-state index in [1.807, 2.05) is 23.8 Å². The number of ketones is 1. The van der Waals surface area contributed by atoms with Gasteiger partial charge in [0.05, 0.1) is 10.7 Å². The van der Waals surface area contributed by atoms with Crippen LogP contribution in [0.2, 0.25) is 0 Å². The largest absolute Gasteiger partial charge is 0.287 e. The van der Waals surface area contributed by atoms with Crippen molar-refractivity contribution in [2.24, 2.45) is 0 Å². The predicted molar refractivity (Wildman–Crippen MR) is 63.4 cm³/mol. The molecule has 0 amide bonds. The van der Waals surface area contributed by atoms with E-state index in [9.17, 15) is 4.79 Å². The number of halogens is 1. The second-order valence-corrected chi connectivity index (χ2v) is 4.63. The van der Waals surface area contributed by atoms with Gasteiger partial charge in [0, 0.05) is 17.5 Å². The lowest BCUT2D eigenvalue weighted by Crippen LogP contribution is -2.10. The predicted octanol–water partition coefficient (Wildman–Crippen LogP) is 2.96. The maximum atomic E-state index is 12.1. The lowest BCUT2D eigenvalue weighted by atomic mass is 10.1. The van der Waals surface area contributed by atoms with Gasteiger partial charge in [0.25, 0.3) is 0 Å². The van der Waals surface area contributed by atoms with E-state index in [1.165, 1.54) is 11.3 Å². The van der Waals surface area contributed by atoms with E-state index in [0.29, 0.717) is 12.2 Å². The number of hydrogen-bond donors (Lipinski definition) is 0. The Kier molecular flexibility index (Phi) is 3.02. The van der Waals surface area contributed by atoms with Crippen molar-refractivity contribution < 1.29 is 4.79 Å². The molecule has 0 N–H and O–H groups in total. The van der Waals surface area contributed by atoms with Gasteiger partial charge in [-0.15, -0.1) is 0 Å². The molecular formula is C10H9BrN2OS. The first kappa shape index (κ1) is 10.6. The fourth-order valence-electron chi connectivity index (χ4n) is 1.36. The SMILES string of the molecule is CCn1ncc(Br)c1C(=O)c1ccsc1. The Balaban J connectivity index is 2.45. The van der Waals surface area contributed by atoms with Crippen molar-refractivity contribution in [3.05, 3.63) is 38.8 Å². The molecule has 2 aromatic heterocycles. The van der Waals surface area contributed by atoms with Gasteiger partial charge in [0.2, 0.25) is 5.78 Å². The van der Waals surface area contributed by atoms with Crippen LogP contribution in [-0.4, -0.2) is 15.6 Å². The first-order valence-corrected chi connectivity index (χ1v) is 6.25. The van der Waals surface area contributed by atoms with Crippen LogP contribution in [0.15, 0.2) is 27.5 Å². The normalized spacial score (nSPS) is 10.5. The number of carbonyl (C=O) groups is 1. The van der Waals surface area contributed by atoms with Gasteiger partial charge in [-0.2, -0.15) is 16.4 Å². The number of aryl methyl sites for hydroxylation is 1. The van der Waals surface area contributed by atoms with E-state index < -0.39 is 0 Å². The van der Waals surface area contributed by atoms with Crippen LogP contribution in [0.1, 0.15) is 23.0 Å². The Morgan fingerprint density at radius 3 is 3.07 bits per heavy atom. The topological polar surface area (TPSA) is 34.9 Å². The minimum atomic E-state index is 0.0162.